The van der Waals surface area contributed by atoms with Gasteiger partial charge in [0.25, 0.3) is 5.91 Å². The van der Waals surface area contributed by atoms with Gasteiger partial charge in [0, 0.05) is 17.1 Å². The van der Waals surface area contributed by atoms with Crippen LogP contribution in [0, 0.1) is 0 Å². The maximum Gasteiger partial charge on any atom is 0.339 e. The molecule has 0 fully saturated rings. The molecule has 0 saturated carbocycles. The summed E-state index contributed by atoms with van der Waals surface area (Å²) >= 11 is 3.28. The number of hydrogen-bond acceptors (Lipinski definition) is 4. The summed E-state index contributed by atoms with van der Waals surface area (Å²) in [6, 6.07) is 10.6. The van der Waals surface area contributed by atoms with Gasteiger partial charge in [-0.15, -0.1) is 0 Å². The Balaban J connectivity index is 1.83. The molecule has 112 valence electrons. The van der Waals surface area contributed by atoms with Crippen molar-refractivity contribution in [3.8, 4) is 0 Å². The highest BCUT2D eigenvalue weighted by molar-refractivity contribution is 9.10. The Morgan fingerprint density at radius 1 is 1.32 bits per heavy atom. The lowest BCUT2D eigenvalue weighted by molar-refractivity contribution is -0.134. The molecule has 0 bridgehead atoms. The molecule has 1 aromatic heterocycles. The molecule has 22 heavy (non-hydrogen) atoms. The van der Waals surface area contributed by atoms with Gasteiger partial charge < -0.3 is 10.1 Å². The highest BCUT2D eigenvalue weighted by Crippen LogP contribution is 2.29. The largest absolute Gasteiger partial charge is 0.445 e. The third-order valence-electron chi connectivity index (χ3n) is 3.53. The molecule has 1 aromatic carbocycles. The minimum Gasteiger partial charge on any atom is -0.445 e. The third kappa shape index (κ3) is 2.74. The van der Waals surface area contributed by atoms with Crippen LogP contribution in [-0.4, -0.2) is 22.5 Å². The van der Waals surface area contributed by atoms with E-state index in [0.717, 1.165) is 10.0 Å². The Labute approximate surface area is 135 Å². The van der Waals surface area contributed by atoms with Gasteiger partial charge in [0.1, 0.15) is 5.82 Å². The number of halogens is 1. The number of nitrogens with one attached hydrogen (secondary N) is 1. The van der Waals surface area contributed by atoms with Crippen molar-refractivity contribution in [1.82, 2.24) is 4.98 Å². The SMILES string of the molecule is CC1(C(=O)Nc2ccc(Br)cn2)Cc2ccccc2C(=O)O1. The fourth-order valence-corrected chi connectivity index (χ4v) is 2.59. The van der Waals surface area contributed by atoms with E-state index in [1.54, 1.807) is 37.4 Å². The van der Waals surface area contributed by atoms with Crippen LogP contribution in [0.3, 0.4) is 0 Å². The van der Waals surface area contributed by atoms with Crippen molar-refractivity contribution in [2.24, 2.45) is 0 Å². The molecule has 1 amide bonds. The molecule has 5 nitrogen and oxygen atoms in total. The second-order valence-corrected chi connectivity index (χ2v) is 6.19. The van der Waals surface area contributed by atoms with Gasteiger partial charge in [-0.25, -0.2) is 9.78 Å². The van der Waals surface area contributed by atoms with E-state index in [1.807, 2.05) is 12.1 Å². The van der Waals surface area contributed by atoms with Gasteiger partial charge in [-0.1, -0.05) is 18.2 Å². The maximum absolute atomic E-state index is 12.5. The van der Waals surface area contributed by atoms with Crippen LogP contribution in [0.4, 0.5) is 5.82 Å². The van der Waals surface area contributed by atoms with E-state index in [1.165, 1.54) is 0 Å². The van der Waals surface area contributed by atoms with Crippen molar-refractivity contribution >= 4 is 33.6 Å². The average molecular weight is 361 g/mol. The molecule has 1 aliphatic heterocycles. The van der Waals surface area contributed by atoms with Gasteiger partial charge in [0.05, 0.1) is 5.56 Å². The smallest absolute Gasteiger partial charge is 0.339 e. The molecule has 6 heteroatoms. The first-order valence-electron chi connectivity index (χ1n) is 6.72. The fraction of sp³-hybridized carbons (Fsp3) is 0.188. The van der Waals surface area contributed by atoms with Crippen LogP contribution in [0.2, 0.25) is 0 Å². The zero-order valence-corrected chi connectivity index (χ0v) is 13.4. The Morgan fingerprint density at radius 3 is 2.82 bits per heavy atom. The Morgan fingerprint density at radius 2 is 2.09 bits per heavy atom. The summed E-state index contributed by atoms with van der Waals surface area (Å²) in [5.41, 5.74) is 0.0647. The molecule has 0 spiro atoms. The molecule has 3 rings (SSSR count). The number of fused-ring (bicyclic) bond motifs is 1. The zero-order valence-electron chi connectivity index (χ0n) is 11.8. The van der Waals surface area contributed by atoms with Crippen LogP contribution in [0.15, 0.2) is 47.1 Å². The molecule has 2 aromatic rings. The van der Waals surface area contributed by atoms with E-state index in [0.29, 0.717) is 17.8 Å². The van der Waals surface area contributed by atoms with Gasteiger partial charge >= 0.3 is 5.97 Å². The summed E-state index contributed by atoms with van der Waals surface area (Å²) in [5, 5.41) is 2.68. The van der Waals surface area contributed by atoms with E-state index < -0.39 is 17.5 Å². The molecule has 0 aliphatic carbocycles. The van der Waals surface area contributed by atoms with Crippen LogP contribution >= 0.6 is 15.9 Å². The van der Waals surface area contributed by atoms with Gasteiger partial charge in [-0.2, -0.15) is 0 Å². The van der Waals surface area contributed by atoms with E-state index in [9.17, 15) is 9.59 Å². The van der Waals surface area contributed by atoms with Crippen LogP contribution < -0.4 is 5.32 Å². The fourth-order valence-electron chi connectivity index (χ4n) is 2.36. The van der Waals surface area contributed by atoms with Crippen molar-refractivity contribution in [3.05, 3.63) is 58.2 Å². The molecule has 1 aliphatic rings. The summed E-state index contributed by atoms with van der Waals surface area (Å²) in [4.78, 5) is 28.7. The molecule has 1 atom stereocenters. The molecular formula is C16H13BrN2O3. The number of amides is 1. The lowest BCUT2D eigenvalue weighted by Crippen LogP contribution is -2.49. The second kappa shape index (κ2) is 5.53. The summed E-state index contributed by atoms with van der Waals surface area (Å²) in [6.07, 6.45) is 1.91. The van der Waals surface area contributed by atoms with E-state index >= 15 is 0 Å². The average Bonchev–Trinajstić information content (AvgIpc) is 2.49. The summed E-state index contributed by atoms with van der Waals surface area (Å²) < 4.78 is 6.18. The number of anilines is 1. The number of rotatable bonds is 2. The maximum atomic E-state index is 12.5. The van der Waals surface area contributed by atoms with Crippen molar-refractivity contribution in [3.63, 3.8) is 0 Å². The van der Waals surface area contributed by atoms with Crippen molar-refractivity contribution in [2.45, 2.75) is 18.9 Å². The number of hydrogen-bond donors (Lipinski definition) is 1. The minimum atomic E-state index is -1.25. The molecule has 1 N–H and O–H groups in total. The number of benzene rings is 1. The highest BCUT2D eigenvalue weighted by atomic mass is 79.9. The standard InChI is InChI=1S/C16H13BrN2O3/c1-16(15(21)19-13-7-6-11(17)9-18-13)8-10-4-2-3-5-12(10)14(20)22-16/h2-7,9H,8H2,1H3,(H,18,19,21). The van der Waals surface area contributed by atoms with Crippen LogP contribution in [0.1, 0.15) is 22.8 Å². The number of carbonyl (C=O) groups is 2. The Kier molecular flexibility index (Phi) is 3.70. The third-order valence-corrected chi connectivity index (χ3v) is 4.00. The number of cyclic esters (lactones) is 1. The molecule has 0 radical (unpaired) electrons. The normalized spacial score (nSPS) is 20.0. The first-order chi connectivity index (χ1) is 10.5. The zero-order chi connectivity index (χ0) is 15.7. The Hall–Kier alpha value is -2.21. The predicted molar refractivity (Wildman–Crippen MR) is 84.5 cm³/mol. The number of ether oxygens (including phenoxy) is 1. The molecule has 0 saturated heterocycles. The Bertz CT molecular complexity index is 745. The number of esters is 1. The van der Waals surface area contributed by atoms with E-state index in [4.69, 9.17) is 4.74 Å². The molecular weight excluding hydrogens is 348 g/mol. The van der Waals surface area contributed by atoms with Crippen molar-refractivity contribution in [2.75, 3.05) is 5.32 Å². The molecule has 2 heterocycles. The van der Waals surface area contributed by atoms with Gasteiger partial charge in [0.2, 0.25) is 0 Å². The first kappa shape index (κ1) is 14.7. The number of carbonyl (C=O) groups excluding carboxylic acids is 2. The number of pyridine rings is 1. The summed E-state index contributed by atoms with van der Waals surface area (Å²) in [6.45, 7) is 1.61. The predicted octanol–water partition coefficient (Wildman–Crippen LogP) is 2.95. The van der Waals surface area contributed by atoms with E-state index in [-0.39, 0.29) is 0 Å². The quantitative estimate of drug-likeness (QED) is 0.836. The van der Waals surface area contributed by atoms with Crippen molar-refractivity contribution in [1.29, 1.82) is 0 Å². The molecule has 1 unspecified atom stereocenters. The highest BCUT2D eigenvalue weighted by Gasteiger charge is 2.42. The summed E-state index contributed by atoms with van der Waals surface area (Å²) in [7, 11) is 0. The van der Waals surface area contributed by atoms with Gasteiger partial charge in [0.15, 0.2) is 5.60 Å². The van der Waals surface area contributed by atoms with Crippen molar-refractivity contribution < 1.29 is 14.3 Å². The monoisotopic (exact) mass is 360 g/mol. The van der Waals surface area contributed by atoms with Gasteiger partial charge in [-0.3, -0.25) is 4.79 Å². The lowest BCUT2D eigenvalue weighted by Gasteiger charge is -2.32. The van der Waals surface area contributed by atoms with E-state index in [2.05, 4.69) is 26.2 Å². The minimum absolute atomic E-state index is 0.331. The summed E-state index contributed by atoms with van der Waals surface area (Å²) in [5.74, 6) is -0.474. The first-order valence-corrected chi connectivity index (χ1v) is 7.51. The number of nitrogens with zero attached hydrogens (tertiary/aromatic N) is 1. The topological polar surface area (TPSA) is 68.3 Å². The lowest BCUT2D eigenvalue weighted by atomic mass is 9.89. The number of aromatic nitrogens is 1. The van der Waals surface area contributed by atoms with Crippen LogP contribution in [0.5, 0.6) is 0 Å². The van der Waals surface area contributed by atoms with Crippen LogP contribution in [-0.2, 0) is 16.0 Å². The van der Waals surface area contributed by atoms with Crippen LogP contribution in [0.25, 0.3) is 0 Å². The second-order valence-electron chi connectivity index (χ2n) is 5.27. The van der Waals surface area contributed by atoms with Gasteiger partial charge in [-0.05, 0) is 46.6 Å².